The van der Waals surface area contributed by atoms with Gasteiger partial charge in [-0.15, -0.1) is 0 Å². The molecule has 2 aromatic heterocycles. The molecule has 0 aromatic carbocycles. The van der Waals surface area contributed by atoms with Crippen LogP contribution in [0.25, 0.3) is 0 Å². The highest BCUT2D eigenvalue weighted by Crippen LogP contribution is 2.16. The summed E-state index contributed by atoms with van der Waals surface area (Å²) in [5, 5.41) is 9.87. The molecule has 0 aliphatic carbocycles. The van der Waals surface area contributed by atoms with Crippen molar-refractivity contribution in [2.75, 3.05) is 11.9 Å². The van der Waals surface area contributed by atoms with E-state index in [4.69, 9.17) is 0 Å². The predicted octanol–water partition coefficient (Wildman–Crippen LogP) is 1.62. The van der Waals surface area contributed by atoms with Crippen molar-refractivity contribution in [2.24, 2.45) is 0 Å². The van der Waals surface area contributed by atoms with Crippen molar-refractivity contribution in [1.82, 2.24) is 20.2 Å². The Balaban J connectivity index is 1.86. The second-order valence-electron chi connectivity index (χ2n) is 3.00. The Hall–Kier alpha value is -1.43. The Bertz CT molecular complexity index is 414. The second kappa shape index (κ2) is 4.88. The van der Waals surface area contributed by atoms with Crippen molar-refractivity contribution in [2.45, 2.75) is 6.42 Å². The zero-order valence-corrected chi connectivity index (χ0v) is 9.53. The van der Waals surface area contributed by atoms with Crippen LogP contribution in [0.1, 0.15) is 5.56 Å². The summed E-state index contributed by atoms with van der Waals surface area (Å²) in [6.07, 6.45) is 7.85. The van der Waals surface area contributed by atoms with Gasteiger partial charge in [-0.25, -0.2) is 9.97 Å². The van der Waals surface area contributed by atoms with Crippen LogP contribution >= 0.6 is 15.9 Å². The third-order valence-corrected chi connectivity index (χ3v) is 2.51. The van der Waals surface area contributed by atoms with Crippen molar-refractivity contribution in [3.63, 3.8) is 0 Å². The smallest absolute Gasteiger partial charge is 0.143 e. The molecule has 78 valence electrons. The van der Waals surface area contributed by atoms with E-state index in [2.05, 4.69) is 41.4 Å². The predicted molar refractivity (Wildman–Crippen MR) is 60.5 cm³/mol. The molecule has 0 aliphatic rings. The van der Waals surface area contributed by atoms with Crippen LogP contribution in [0.4, 0.5) is 5.82 Å². The molecule has 2 rings (SSSR count). The first-order valence-electron chi connectivity index (χ1n) is 4.53. The average molecular weight is 268 g/mol. The van der Waals surface area contributed by atoms with E-state index < -0.39 is 0 Å². The molecular formula is C9H10BrN5. The van der Waals surface area contributed by atoms with Crippen molar-refractivity contribution in [3.8, 4) is 0 Å². The van der Waals surface area contributed by atoms with Crippen molar-refractivity contribution < 1.29 is 0 Å². The number of anilines is 1. The Kier molecular flexibility index (Phi) is 3.29. The van der Waals surface area contributed by atoms with Crippen LogP contribution in [0.3, 0.4) is 0 Å². The van der Waals surface area contributed by atoms with Gasteiger partial charge in [0.2, 0.25) is 0 Å². The van der Waals surface area contributed by atoms with Gasteiger partial charge in [-0.3, -0.25) is 5.10 Å². The van der Waals surface area contributed by atoms with Gasteiger partial charge in [-0.05, 0) is 27.9 Å². The SMILES string of the molecule is Brc1cncnc1NCCc1cn[nH]c1. The van der Waals surface area contributed by atoms with Crippen molar-refractivity contribution in [3.05, 3.63) is 35.0 Å². The number of halogens is 1. The summed E-state index contributed by atoms with van der Waals surface area (Å²) in [5.74, 6) is 0.813. The van der Waals surface area contributed by atoms with Crippen LogP contribution in [0.15, 0.2) is 29.4 Å². The van der Waals surface area contributed by atoms with E-state index in [1.165, 1.54) is 11.9 Å². The van der Waals surface area contributed by atoms with Gasteiger partial charge in [-0.2, -0.15) is 5.10 Å². The summed E-state index contributed by atoms with van der Waals surface area (Å²) >= 11 is 3.37. The summed E-state index contributed by atoms with van der Waals surface area (Å²) in [6, 6.07) is 0. The van der Waals surface area contributed by atoms with Gasteiger partial charge in [0.1, 0.15) is 12.1 Å². The maximum absolute atomic E-state index is 4.10. The topological polar surface area (TPSA) is 66.5 Å². The van der Waals surface area contributed by atoms with E-state index in [-0.39, 0.29) is 0 Å². The maximum atomic E-state index is 4.10. The van der Waals surface area contributed by atoms with Crippen LogP contribution in [0.2, 0.25) is 0 Å². The van der Waals surface area contributed by atoms with Crippen molar-refractivity contribution in [1.29, 1.82) is 0 Å². The third kappa shape index (κ3) is 2.76. The van der Waals surface area contributed by atoms with Gasteiger partial charge >= 0.3 is 0 Å². The lowest BCUT2D eigenvalue weighted by molar-refractivity contribution is 0.997. The summed E-state index contributed by atoms with van der Waals surface area (Å²) in [7, 11) is 0. The number of nitrogens with zero attached hydrogens (tertiary/aromatic N) is 3. The molecule has 15 heavy (non-hydrogen) atoms. The zero-order chi connectivity index (χ0) is 10.5. The van der Waals surface area contributed by atoms with E-state index in [9.17, 15) is 0 Å². The first-order chi connectivity index (χ1) is 7.36. The van der Waals surface area contributed by atoms with Gasteiger partial charge in [0.25, 0.3) is 0 Å². The molecule has 0 saturated carbocycles. The first-order valence-corrected chi connectivity index (χ1v) is 5.32. The highest BCUT2D eigenvalue weighted by Gasteiger charge is 1.99. The highest BCUT2D eigenvalue weighted by atomic mass is 79.9. The second-order valence-corrected chi connectivity index (χ2v) is 3.86. The standard InChI is InChI=1S/C9H10BrN5/c10-8-5-11-6-13-9(8)12-2-1-7-3-14-15-4-7/h3-6H,1-2H2,(H,14,15)(H,11,12,13). The fourth-order valence-electron chi connectivity index (χ4n) is 1.18. The van der Waals surface area contributed by atoms with Crippen molar-refractivity contribution >= 4 is 21.7 Å². The molecule has 0 radical (unpaired) electrons. The molecule has 0 bridgehead atoms. The molecule has 0 spiro atoms. The Morgan fingerprint density at radius 2 is 2.33 bits per heavy atom. The van der Waals surface area contributed by atoms with Crippen LogP contribution in [0, 0.1) is 0 Å². The molecule has 5 nitrogen and oxygen atoms in total. The lowest BCUT2D eigenvalue weighted by Gasteiger charge is -2.05. The molecule has 0 amide bonds. The highest BCUT2D eigenvalue weighted by molar-refractivity contribution is 9.10. The van der Waals surface area contributed by atoms with Gasteiger partial charge < -0.3 is 5.32 Å². The number of aromatic nitrogens is 4. The first kappa shape index (κ1) is 10.1. The molecule has 0 unspecified atom stereocenters. The summed E-state index contributed by atoms with van der Waals surface area (Å²) in [4.78, 5) is 7.99. The summed E-state index contributed by atoms with van der Waals surface area (Å²) < 4.78 is 0.872. The van der Waals surface area contributed by atoms with Crippen LogP contribution < -0.4 is 5.32 Å². The fourth-order valence-corrected chi connectivity index (χ4v) is 1.54. The number of hydrogen-bond acceptors (Lipinski definition) is 4. The molecule has 0 saturated heterocycles. The third-order valence-electron chi connectivity index (χ3n) is 1.93. The lowest BCUT2D eigenvalue weighted by Crippen LogP contribution is -2.06. The number of rotatable bonds is 4. The zero-order valence-electron chi connectivity index (χ0n) is 7.94. The lowest BCUT2D eigenvalue weighted by atomic mass is 10.2. The van der Waals surface area contributed by atoms with E-state index in [0.717, 1.165) is 23.3 Å². The molecule has 2 aromatic rings. The van der Waals surface area contributed by atoms with Crippen LogP contribution in [-0.4, -0.2) is 26.7 Å². The molecule has 6 heteroatoms. The minimum absolute atomic E-state index is 0.813. The molecule has 0 fully saturated rings. The minimum atomic E-state index is 0.813. The normalized spacial score (nSPS) is 10.2. The quantitative estimate of drug-likeness (QED) is 0.884. The Morgan fingerprint density at radius 3 is 3.07 bits per heavy atom. The molecule has 2 heterocycles. The van der Waals surface area contributed by atoms with E-state index in [1.807, 2.05) is 12.4 Å². The van der Waals surface area contributed by atoms with E-state index >= 15 is 0 Å². The Labute approximate surface area is 95.5 Å². The largest absolute Gasteiger partial charge is 0.369 e. The van der Waals surface area contributed by atoms with E-state index in [1.54, 1.807) is 6.20 Å². The molecular weight excluding hydrogens is 258 g/mol. The molecule has 2 N–H and O–H groups in total. The van der Waals surface area contributed by atoms with Gasteiger partial charge in [0.05, 0.1) is 10.7 Å². The van der Waals surface area contributed by atoms with Gasteiger partial charge in [0.15, 0.2) is 0 Å². The summed E-state index contributed by atoms with van der Waals surface area (Å²) in [6.45, 7) is 0.815. The number of aromatic amines is 1. The summed E-state index contributed by atoms with van der Waals surface area (Å²) in [5.41, 5.74) is 1.17. The number of H-pyrrole nitrogens is 1. The minimum Gasteiger partial charge on any atom is -0.369 e. The van der Waals surface area contributed by atoms with Crippen LogP contribution in [-0.2, 0) is 6.42 Å². The molecule has 0 aliphatic heterocycles. The van der Waals surface area contributed by atoms with Gasteiger partial charge in [0, 0.05) is 18.9 Å². The molecule has 0 atom stereocenters. The number of nitrogens with one attached hydrogen (secondary N) is 2. The Morgan fingerprint density at radius 1 is 1.40 bits per heavy atom. The van der Waals surface area contributed by atoms with Gasteiger partial charge in [-0.1, -0.05) is 0 Å². The van der Waals surface area contributed by atoms with E-state index in [0.29, 0.717) is 0 Å². The fraction of sp³-hybridized carbons (Fsp3) is 0.222. The average Bonchev–Trinajstić information content (AvgIpc) is 2.74. The van der Waals surface area contributed by atoms with Crippen LogP contribution in [0.5, 0.6) is 0 Å². The maximum Gasteiger partial charge on any atom is 0.143 e. The number of hydrogen-bond donors (Lipinski definition) is 2. The monoisotopic (exact) mass is 267 g/mol.